The molecule has 0 amide bonds. The molecule has 84 valence electrons. The third kappa shape index (κ3) is 2.19. The van der Waals surface area contributed by atoms with Crippen molar-refractivity contribution in [2.45, 2.75) is 26.8 Å². The van der Waals surface area contributed by atoms with E-state index in [-0.39, 0.29) is 0 Å². The van der Waals surface area contributed by atoms with Crippen LogP contribution in [0, 0.1) is 6.92 Å². The number of aromatic nitrogens is 2. The molecule has 1 aromatic carbocycles. The Labute approximate surface area is 104 Å². The molecule has 0 aliphatic rings. The van der Waals surface area contributed by atoms with Gasteiger partial charge in [0, 0.05) is 11.6 Å². The first-order valence-electron chi connectivity index (χ1n) is 5.40. The summed E-state index contributed by atoms with van der Waals surface area (Å²) in [5, 5.41) is 4.45. The fraction of sp³-hybridized carbons (Fsp3) is 0.308. The first kappa shape index (κ1) is 11.4. The highest BCUT2D eigenvalue weighted by molar-refractivity contribution is 9.10. The number of benzene rings is 1. The van der Waals surface area contributed by atoms with Crippen molar-refractivity contribution in [1.29, 1.82) is 0 Å². The number of hydrogen-bond acceptors (Lipinski definition) is 1. The zero-order valence-electron chi connectivity index (χ0n) is 9.74. The maximum absolute atomic E-state index is 4.45. The predicted octanol–water partition coefficient (Wildman–Crippen LogP) is 4.20. The van der Waals surface area contributed by atoms with Gasteiger partial charge in [-0.3, -0.25) is 4.68 Å². The SMILES string of the molecule is Cc1cccc(-c2cc(Br)nn2C(C)C)c1. The van der Waals surface area contributed by atoms with E-state index >= 15 is 0 Å². The third-order valence-corrected chi connectivity index (χ3v) is 2.90. The van der Waals surface area contributed by atoms with Crippen LogP contribution in [0.1, 0.15) is 25.5 Å². The molecule has 0 fully saturated rings. The van der Waals surface area contributed by atoms with Crippen LogP contribution < -0.4 is 0 Å². The Kier molecular flexibility index (Phi) is 3.15. The molecular weight excluding hydrogens is 264 g/mol. The van der Waals surface area contributed by atoms with Crippen molar-refractivity contribution in [2.24, 2.45) is 0 Å². The topological polar surface area (TPSA) is 17.8 Å². The smallest absolute Gasteiger partial charge is 0.128 e. The van der Waals surface area contributed by atoms with Gasteiger partial charge in [0.05, 0.1) is 5.69 Å². The molecule has 0 spiro atoms. The molecule has 0 saturated carbocycles. The second kappa shape index (κ2) is 4.42. The molecule has 0 aliphatic carbocycles. The molecule has 0 atom stereocenters. The number of hydrogen-bond donors (Lipinski definition) is 0. The average Bonchev–Trinajstić information content (AvgIpc) is 2.60. The largest absolute Gasteiger partial charge is 0.261 e. The predicted molar refractivity (Wildman–Crippen MR) is 70.5 cm³/mol. The molecule has 16 heavy (non-hydrogen) atoms. The maximum atomic E-state index is 4.45. The lowest BCUT2D eigenvalue weighted by molar-refractivity contribution is 0.536. The highest BCUT2D eigenvalue weighted by Gasteiger charge is 2.10. The Hall–Kier alpha value is -1.09. The minimum Gasteiger partial charge on any atom is -0.261 e. The zero-order valence-corrected chi connectivity index (χ0v) is 11.3. The Balaban J connectivity index is 2.55. The van der Waals surface area contributed by atoms with Gasteiger partial charge in [0.25, 0.3) is 0 Å². The van der Waals surface area contributed by atoms with E-state index in [9.17, 15) is 0 Å². The highest BCUT2D eigenvalue weighted by Crippen LogP contribution is 2.26. The molecule has 3 heteroatoms. The van der Waals surface area contributed by atoms with Crippen molar-refractivity contribution in [2.75, 3.05) is 0 Å². The minimum atomic E-state index is 0.363. The fourth-order valence-corrected chi connectivity index (χ4v) is 2.17. The summed E-state index contributed by atoms with van der Waals surface area (Å²) in [5.41, 5.74) is 3.64. The quantitative estimate of drug-likeness (QED) is 0.805. The lowest BCUT2D eigenvalue weighted by Crippen LogP contribution is -2.04. The average molecular weight is 279 g/mol. The molecule has 0 aliphatic heterocycles. The number of aryl methyl sites for hydroxylation is 1. The monoisotopic (exact) mass is 278 g/mol. The molecule has 2 aromatic rings. The van der Waals surface area contributed by atoms with Crippen molar-refractivity contribution >= 4 is 15.9 Å². The third-order valence-electron chi connectivity index (χ3n) is 2.51. The summed E-state index contributed by atoms with van der Waals surface area (Å²) in [6.45, 7) is 6.38. The van der Waals surface area contributed by atoms with Gasteiger partial charge in [0.15, 0.2) is 0 Å². The summed E-state index contributed by atoms with van der Waals surface area (Å²) in [7, 11) is 0. The van der Waals surface area contributed by atoms with E-state index in [1.165, 1.54) is 11.1 Å². The Morgan fingerprint density at radius 2 is 2.00 bits per heavy atom. The first-order chi connectivity index (χ1) is 7.58. The first-order valence-corrected chi connectivity index (χ1v) is 6.19. The van der Waals surface area contributed by atoms with Gasteiger partial charge in [0.2, 0.25) is 0 Å². The van der Waals surface area contributed by atoms with Gasteiger partial charge in [0.1, 0.15) is 4.60 Å². The van der Waals surface area contributed by atoms with Crippen LogP contribution in [0.3, 0.4) is 0 Å². The van der Waals surface area contributed by atoms with E-state index in [2.05, 4.69) is 72.1 Å². The van der Waals surface area contributed by atoms with Crippen molar-refractivity contribution in [3.05, 3.63) is 40.5 Å². The lowest BCUT2D eigenvalue weighted by atomic mass is 10.1. The van der Waals surface area contributed by atoms with Crippen LogP contribution in [0.4, 0.5) is 0 Å². The van der Waals surface area contributed by atoms with E-state index in [1.54, 1.807) is 0 Å². The van der Waals surface area contributed by atoms with Crippen LogP contribution in [-0.4, -0.2) is 9.78 Å². The van der Waals surface area contributed by atoms with Crippen LogP contribution in [0.25, 0.3) is 11.3 Å². The van der Waals surface area contributed by atoms with E-state index in [4.69, 9.17) is 0 Å². The van der Waals surface area contributed by atoms with Crippen molar-refractivity contribution in [3.63, 3.8) is 0 Å². The van der Waals surface area contributed by atoms with Gasteiger partial charge in [-0.2, -0.15) is 5.10 Å². The lowest BCUT2D eigenvalue weighted by Gasteiger charge is -2.11. The van der Waals surface area contributed by atoms with Gasteiger partial charge < -0.3 is 0 Å². The Bertz CT molecular complexity index is 500. The summed E-state index contributed by atoms with van der Waals surface area (Å²) in [6, 6.07) is 10.9. The molecule has 0 bridgehead atoms. The number of nitrogens with zero attached hydrogens (tertiary/aromatic N) is 2. The van der Waals surface area contributed by atoms with Gasteiger partial charge in [-0.15, -0.1) is 0 Å². The Morgan fingerprint density at radius 3 is 2.62 bits per heavy atom. The zero-order chi connectivity index (χ0) is 11.7. The van der Waals surface area contributed by atoms with Gasteiger partial charge in [-0.1, -0.05) is 23.8 Å². The maximum Gasteiger partial charge on any atom is 0.128 e. The molecule has 1 aromatic heterocycles. The molecule has 1 heterocycles. The van der Waals surface area contributed by atoms with Crippen LogP contribution in [0.15, 0.2) is 34.9 Å². The van der Waals surface area contributed by atoms with Crippen LogP contribution in [0.5, 0.6) is 0 Å². The van der Waals surface area contributed by atoms with E-state index in [0.717, 1.165) is 10.3 Å². The molecule has 0 unspecified atom stereocenters. The van der Waals surface area contributed by atoms with Crippen molar-refractivity contribution < 1.29 is 0 Å². The molecule has 0 radical (unpaired) electrons. The van der Waals surface area contributed by atoms with E-state index < -0.39 is 0 Å². The van der Waals surface area contributed by atoms with Crippen molar-refractivity contribution in [1.82, 2.24) is 9.78 Å². The second-order valence-electron chi connectivity index (χ2n) is 4.26. The minimum absolute atomic E-state index is 0.363. The summed E-state index contributed by atoms with van der Waals surface area (Å²) in [4.78, 5) is 0. The molecule has 2 rings (SSSR count). The van der Waals surface area contributed by atoms with Crippen LogP contribution in [0.2, 0.25) is 0 Å². The summed E-state index contributed by atoms with van der Waals surface area (Å²) < 4.78 is 2.93. The summed E-state index contributed by atoms with van der Waals surface area (Å²) >= 11 is 3.44. The second-order valence-corrected chi connectivity index (χ2v) is 5.07. The normalized spacial score (nSPS) is 11.1. The number of rotatable bonds is 2. The highest BCUT2D eigenvalue weighted by atomic mass is 79.9. The summed E-state index contributed by atoms with van der Waals surface area (Å²) in [6.07, 6.45) is 0. The van der Waals surface area contributed by atoms with Gasteiger partial charge in [-0.05, 0) is 48.8 Å². The molecule has 2 nitrogen and oxygen atoms in total. The summed E-state index contributed by atoms with van der Waals surface area (Å²) in [5.74, 6) is 0. The Morgan fingerprint density at radius 1 is 1.25 bits per heavy atom. The molecule has 0 N–H and O–H groups in total. The molecular formula is C13H15BrN2. The van der Waals surface area contributed by atoms with E-state index in [0.29, 0.717) is 6.04 Å². The van der Waals surface area contributed by atoms with Gasteiger partial charge in [-0.25, -0.2) is 0 Å². The van der Waals surface area contributed by atoms with Crippen molar-refractivity contribution in [3.8, 4) is 11.3 Å². The van der Waals surface area contributed by atoms with Crippen LogP contribution in [-0.2, 0) is 0 Å². The fourth-order valence-electron chi connectivity index (χ4n) is 1.78. The standard InChI is InChI=1S/C13H15BrN2/c1-9(2)16-12(8-13(14)15-16)11-6-4-5-10(3)7-11/h4-9H,1-3H3. The van der Waals surface area contributed by atoms with Crippen LogP contribution >= 0.6 is 15.9 Å². The van der Waals surface area contributed by atoms with E-state index in [1.807, 2.05) is 4.68 Å². The molecule has 0 saturated heterocycles. The van der Waals surface area contributed by atoms with Gasteiger partial charge >= 0.3 is 0 Å². The number of halogens is 1.